The van der Waals surface area contributed by atoms with Gasteiger partial charge in [0.1, 0.15) is 0 Å². The van der Waals surface area contributed by atoms with E-state index in [1.54, 1.807) is 11.4 Å². The fourth-order valence-electron chi connectivity index (χ4n) is 2.05. The van der Waals surface area contributed by atoms with Gasteiger partial charge in [-0.1, -0.05) is 6.42 Å². The number of amides is 1. The molecule has 1 aromatic heterocycles. The lowest BCUT2D eigenvalue weighted by Crippen LogP contribution is -2.31. The Kier molecular flexibility index (Phi) is 5.67. The van der Waals surface area contributed by atoms with Gasteiger partial charge < -0.3 is 10.4 Å². The van der Waals surface area contributed by atoms with Crippen molar-refractivity contribution in [1.29, 1.82) is 0 Å². The molecule has 20 heavy (non-hydrogen) atoms. The Labute approximate surface area is 126 Å². The minimum absolute atomic E-state index is 0.115. The van der Waals surface area contributed by atoms with E-state index >= 15 is 0 Å². The largest absolute Gasteiger partial charge is 0.478 e. The first-order chi connectivity index (χ1) is 9.66. The second-order valence-corrected chi connectivity index (χ2v) is 6.90. The van der Waals surface area contributed by atoms with Gasteiger partial charge in [-0.2, -0.15) is 11.8 Å². The van der Waals surface area contributed by atoms with Crippen LogP contribution < -0.4 is 5.32 Å². The molecule has 2 N–H and O–H groups in total. The Bertz CT molecular complexity index is 504. The van der Waals surface area contributed by atoms with Crippen molar-refractivity contribution in [1.82, 2.24) is 5.32 Å². The van der Waals surface area contributed by atoms with Gasteiger partial charge in [0.05, 0.1) is 4.88 Å². The van der Waals surface area contributed by atoms with Crippen LogP contribution in [-0.4, -0.2) is 34.5 Å². The molecule has 0 aliphatic carbocycles. The van der Waals surface area contributed by atoms with Crippen LogP contribution in [0, 0.1) is 0 Å². The molecule has 0 bridgehead atoms. The summed E-state index contributed by atoms with van der Waals surface area (Å²) in [6.07, 6.45) is 6.17. The summed E-state index contributed by atoms with van der Waals surface area (Å²) in [5, 5.41) is 13.9. The molecule has 4 nitrogen and oxygen atoms in total. The lowest BCUT2D eigenvalue weighted by Gasteiger charge is -2.21. The Morgan fingerprint density at radius 1 is 1.45 bits per heavy atom. The maximum atomic E-state index is 12.1. The SMILES string of the molecule is O=C(O)/C=C/c1ccsc1C(=O)NCC1CCCCS1. The van der Waals surface area contributed by atoms with Crippen LogP contribution in [-0.2, 0) is 4.79 Å². The third-order valence-electron chi connectivity index (χ3n) is 3.07. The predicted octanol–water partition coefficient (Wildman–Crippen LogP) is 2.86. The predicted molar refractivity (Wildman–Crippen MR) is 83.4 cm³/mol. The van der Waals surface area contributed by atoms with Crippen LogP contribution in [0.1, 0.15) is 34.5 Å². The van der Waals surface area contributed by atoms with Crippen LogP contribution in [0.3, 0.4) is 0 Å². The zero-order chi connectivity index (χ0) is 14.4. The van der Waals surface area contributed by atoms with Gasteiger partial charge in [0.25, 0.3) is 5.91 Å². The maximum absolute atomic E-state index is 12.1. The molecule has 0 spiro atoms. The molecule has 1 atom stereocenters. The van der Waals surface area contributed by atoms with Crippen molar-refractivity contribution < 1.29 is 14.7 Å². The highest BCUT2D eigenvalue weighted by Crippen LogP contribution is 2.24. The van der Waals surface area contributed by atoms with Gasteiger partial charge in [0, 0.05) is 17.9 Å². The summed E-state index contributed by atoms with van der Waals surface area (Å²) in [7, 11) is 0. The summed E-state index contributed by atoms with van der Waals surface area (Å²) >= 11 is 3.25. The summed E-state index contributed by atoms with van der Waals surface area (Å²) < 4.78 is 0. The van der Waals surface area contributed by atoms with Crippen molar-refractivity contribution in [2.75, 3.05) is 12.3 Å². The Morgan fingerprint density at radius 3 is 3.00 bits per heavy atom. The molecule has 1 aliphatic rings. The maximum Gasteiger partial charge on any atom is 0.328 e. The van der Waals surface area contributed by atoms with E-state index in [1.807, 2.05) is 11.8 Å². The molecular weight excluding hydrogens is 294 g/mol. The van der Waals surface area contributed by atoms with Gasteiger partial charge in [-0.05, 0) is 41.7 Å². The summed E-state index contributed by atoms with van der Waals surface area (Å²) in [5.41, 5.74) is 0.659. The van der Waals surface area contributed by atoms with E-state index in [9.17, 15) is 9.59 Å². The second-order valence-electron chi connectivity index (χ2n) is 4.58. The molecular formula is C14H17NO3S2. The van der Waals surface area contributed by atoms with Crippen molar-refractivity contribution in [3.63, 3.8) is 0 Å². The van der Waals surface area contributed by atoms with E-state index in [1.165, 1.54) is 36.0 Å². The Morgan fingerprint density at radius 2 is 2.30 bits per heavy atom. The van der Waals surface area contributed by atoms with Crippen LogP contribution in [0.2, 0.25) is 0 Å². The van der Waals surface area contributed by atoms with Gasteiger partial charge in [-0.25, -0.2) is 4.79 Å². The van der Waals surface area contributed by atoms with Crippen LogP contribution in [0.5, 0.6) is 0 Å². The van der Waals surface area contributed by atoms with E-state index < -0.39 is 5.97 Å². The number of thioether (sulfide) groups is 1. The molecule has 2 heterocycles. The zero-order valence-corrected chi connectivity index (χ0v) is 12.6. The number of aliphatic carboxylic acids is 1. The quantitative estimate of drug-likeness (QED) is 0.821. The lowest BCUT2D eigenvalue weighted by atomic mass is 10.2. The van der Waals surface area contributed by atoms with Gasteiger partial charge in [-0.15, -0.1) is 11.3 Å². The monoisotopic (exact) mass is 311 g/mol. The third kappa shape index (κ3) is 4.38. The van der Waals surface area contributed by atoms with Crippen molar-refractivity contribution in [3.8, 4) is 0 Å². The molecule has 1 aliphatic heterocycles. The number of rotatable bonds is 5. The Hall–Kier alpha value is -1.27. The molecule has 1 fully saturated rings. The molecule has 1 aromatic rings. The van der Waals surface area contributed by atoms with E-state index in [0.717, 1.165) is 12.5 Å². The number of carbonyl (C=O) groups excluding carboxylic acids is 1. The molecule has 0 radical (unpaired) electrons. The molecule has 108 valence electrons. The van der Waals surface area contributed by atoms with E-state index in [0.29, 0.717) is 22.2 Å². The number of hydrogen-bond donors (Lipinski definition) is 2. The molecule has 0 saturated carbocycles. The first-order valence-corrected chi connectivity index (χ1v) is 8.48. The number of carboxylic acid groups (broad SMARTS) is 1. The molecule has 1 amide bonds. The topological polar surface area (TPSA) is 66.4 Å². The van der Waals surface area contributed by atoms with E-state index in [2.05, 4.69) is 5.32 Å². The molecule has 6 heteroatoms. The normalized spacial score (nSPS) is 19.1. The fraction of sp³-hybridized carbons (Fsp3) is 0.429. The highest BCUT2D eigenvalue weighted by molar-refractivity contribution is 7.99. The van der Waals surface area contributed by atoms with Gasteiger partial charge in [-0.3, -0.25) is 4.79 Å². The summed E-state index contributed by atoms with van der Waals surface area (Å²) in [6.45, 7) is 0.684. The minimum Gasteiger partial charge on any atom is -0.478 e. The third-order valence-corrected chi connectivity index (χ3v) is 5.40. The standard InChI is InChI=1S/C14H17NO3S2/c16-12(17)5-4-10-6-8-20-13(10)14(18)15-9-11-3-1-2-7-19-11/h4-6,8,11H,1-3,7,9H2,(H,15,18)(H,16,17)/b5-4+. The van der Waals surface area contributed by atoms with E-state index in [4.69, 9.17) is 5.11 Å². The number of carboxylic acids is 1. The van der Waals surface area contributed by atoms with Crippen LogP contribution in [0.4, 0.5) is 0 Å². The highest BCUT2D eigenvalue weighted by Gasteiger charge is 2.17. The first kappa shape index (κ1) is 15.1. The average Bonchev–Trinajstić information content (AvgIpc) is 2.92. The fourth-order valence-corrected chi connectivity index (χ4v) is 4.09. The minimum atomic E-state index is -1.01. The van der Waals surface area contributed by atoms with Gasteiger partial charge in [0.2, 0.25) is 0 Å². The average molecular weight is 311 g/mol. The number of thiophene rings is 1. The highest BCUT2D eigenvalue weighted by atomic mass is 32.2. The first-order valence-electron chi connectivity index (χ1n) is 6.55. The molecule has 1 saturated heterocycles. The summed E-state index contributed by atoms with van der Waals surface area (Å²) in [6, 6.07) is 1.76. The van der Waals surface area contributed by atoms with Crippen LogP contribution in [0.25, 0.3) is 6.08 Å². The van der Waals surface area contributed by atoms with Gasteiger partial charge >= 0.3 is 5.97 Å². The summed E-state index contributed by atoms with van der Waals surface area (Å²) in [5.74, 6) is 0.0453. The van der Waals surface area contributed by atoms with Crippen LogP contribution >= 0.6 is 23.1 Å². The number of nitrogens with one attached hydrogen (secondary N) is 1. The number of carbonyl (C=O) groups is 2. The van der Waals surface area contributed by atoms with Crippen molar-refractivity contribution >= 4 is 41.1 Å². The van der Waals surface area contributed by atoms with E-state index in [-0.39, 0.29) is 5.91 Å². The number of hydrogen-bond acceptors (Lipinski definition) is 4. The zero-order valence-electron chi connectivity index (χ0n) is 11.0. The smallest absolute Gasteiger partial charge is 0.328 e. The van der Waals surface area contributed by atoms with Crippen molar-refractivity contribution in [3.05, 3.63) is 28.0 Å². The Balaban J connectivity index is 1.92. The van der Waals surface area contributed by atoms with Crippen molar-refractivity contribution in [2.45, 2.75) is 24.5 Å². The lowest BCUT2D eigenvalue weighted by molar-refractivity contribution is -0.131. The molecule has 2 rings (SSSR count). The van der Waals surface area contributed by atoms with Gasteiger partial charge in [0.15, 0.2) is 0 Å². The van der Waals surface area contributed by atoms with Crippen LogP contribution in [0.15, 0.2) is 17.5 Å². The van der Waals surface area contributed by atoms with Crippen molar-refractivity contribution in [2.24, 2.45) is 0 Å². The molecule has 0 aromatic carbocycles. The second kappa shape index (κ2) is 7.50. The summed E-state index contributed by atoms with van der Waals surface area (Å²) in [4.78, 5) is 23.2. The molecule has 1 unspecified atom stereocenters.